The van der Waals surface area contributed by atoms with Gasteiger partial charge >= 0.3 is 0 Å². The smallest absolute Gasteiger partial charge is 0.243 e. The Morgan fingerprint density at radius 2 is 2.00 bits per heavy atom. The second-order valence-corrected chi connectivity index (χ2v) is 4.35. The fourth-order valence-electron chi connectivity index (χ4n) is 1.67. The van der Waals surface area contributed by atoms with Gasteiger partial charge in [0.2, 0.25) is 11.7 Å². The lowest BCUT2D eigenvalue weighted by atomic mass is 10.1. The number of nitrogens with two attached hydrogens (primary N) is 1. The molecule has 1 aromatic heterocycles. The average molecular weight is 247 g/mol. The van der Waals surface area contributed by atoms with E-state index in [1.807, 2.05) is 32.0 Å². The van der Waals surface area contributed by atoms with E-state index in [0.29, 0.717) is 11.7 Å². The molecular formula is C13H17N3O2. The van der Waals surface area contributed by atoms with E-state index in [4.69, 9.17) is 15.0 Å². The van der Waals surface area contributed by atoms with Crippen molar-refractivity contribution >= 4 is 0 Å². The van der Waals surface area contributed by atoms with E-state index in [1.54, 1.807) is 6.92 Å². The molecule has 0 amide bonds. The number of rotatable bonds is 4. The molecule has 0 fully saturated rings. The van der Waals surface area contributed by atoms with Crippen molar-refractivity contribution in [1.29, 1.82) is 0 Å². The van der Waals surface area contributed by atoms with Gasteiger partial charge in [-0.15, -0.1) is 0 Å². The van der Waals surface area contributed by atoms with Crippen molar-refractivity contribution in [2.24, 2.45) is 5.73 Å². The number of nitrogens with zero attached hydrogens (tertiary/aromatic N) is 2. The molecular weight excluding hydrogens is 230 g/mol. The van der Waals surface area contributed by atoms with Gasteiger partial charge in [0.05, 0.1) is 6.04 Å². The van der Waals surface area contributed by atoms with Gasteiger partial charge in [-0.25, -0.2) is 0 Å². The molecule has 0 radical (unpaired) electrons. The van der Waals surface area contributed by atoms with Crippen LogP contribution in [0.15, 0.2) is 22.7 Å². The molecule has 5 nitrogen and oxygen atoms in total. The Hall–Kier alpha value is -1.88. The summed E-state index contributed by atoms with van der Waals surface area (Å²) in [7, 11) is 0. The topological polar surface area (TPSA) is 74.2 Å². The SMILES string of the molecule is Cc1cccc(C)c1OCc1noc(C(C)N)n1. The van der Waals surface area contributed by atoms with Crippen molar-refractivity contribution in [3.05, 3.63) is 41.0 Å². The number of para-hydroxylation sites is 1. The number of hydrogen-bond acceptors (Lipinski definition) is 5. The van der Waals surface area contributed by atoms with Crippen LogP contribution in [-0.2, 0) is 6.61 Å². The van der Waals surface area contributed by atoms with E-state index in [1.165, 1.54) is 0 Å². The van der Waals surface area contributed by atoms with E-state index in [2.05, 4.69) is 10.1 Å². The molecule has 0 bridgehead atoms. The third-order valence-corrected chi connectivity index (χ3v) is 2.63. The van der Waals surface area contributed by atoms with E-state index < -0.39 is 0 Å². The summed E-state index contributed by atoms with van der Waals surface area (Å²) in [4.78, 5) is 4.16. The molecule has 2 N–H and O–H groups in total. The first kappa shape index (κ1) is 12.6. The molecule has 2 aromatic rings. The molecule has 96 valence electrons. The van der Waals surface area contributed by atoms with Gasteiger partial charge in [0.25, 0.3) is 0 Å². The molecule has 0 aliphatic heterocycles. The summed E-state index contributed by atoms with van der Waals surface area (Å²) in [6.45, 7) is 6.09. The van der Waals surface area contributed by atoms with Gasteiger partial charge in [0, 0.05) is 0 Å². The third kappa shape index (κ3) is 2.68. The normalized spacial score (nSPS) is 12.4. The van der Waals surface area contributed by atoms with Crippen molar-refractivity contribution in [1.82, 2.24) is 10.1 Å². The number of aromatic nitrogens is 2. The Kier molecular flexibility index (Phi) is 3.62. The van der Waals surface area contributed by atoms with Gasteiger partial charge in [-0.1, -0.05) is 23.4 Å². The highest BCUT2D eigenvalue weighted by Gasteiger charge is 2.11. The highest BCUT2D eigenvalue weighted by Crippen LogP contribution is 2.23. The fraction of sp³-hybridized carbons (Fsp3) is 0.385. The van der Waals surface area contributed by atoms with Crippen LogP contribution in [0.3, 0.4) is 0 Å². The summed E-state index contributed by atoms with van der Waals surface area (Å²) in [5.41, 5.74) is 7.82. The lowest BCUT2D eigenvalue weighted by molar-refractivity contribution is 0.281. The minimum atomic E-state index is -0.258. The predicted molar refractivity (Wildman–Crippen MR) is 67.1 cm³/mol. The molecule has 0 saturated carbocycles. The lowest BCUT2D eigenvalue weighted by Gasteiger charge is -2.09. The zero-order valence-electron chi connectivity index (χ0n) is 10.8. The molecule has 18 heavy (non-hydrogen) atoms. The molecule has 0 aliphatic carbocycles. The molecule has 1 unspecified atom stereocenters. The van der Waals surface area contributed by atoms with Crippen molar-refractivity contribution in [3.63, 3.8) is 0 Å². The van der Waals surface area contributed by atoms with Crippen LogP contribution in [0, 0.1) is 13.8 Å². The molecule has 0 saturated heterocycles. The Bertz CT molecular complexity index is 515. The van der Waals surface area contributed by atoms with Crippen LogP contribution in [0.4, 0.5) is 0 Å². The zero-order valence-corrected chi connectivity index (χ0v) is 10.8. The number of ether oxygens (including phenoxy) is 1. The summed E-state index contributed by atoms with van der Waals surface area (Å²) in [5.74, 6) is 1.80. The van der Waals surface area contributed by atoms with Crippen LogP contribution in [-0.4, -0.2) is 10.1 Å². The van der Waals surface area contributed by atoms with Gasteiger partial charge in [-0.2, -0.15) is 4.98 Å². The standard InChI is InChI=1S/C13H17N3O2/c1-8-5-4-6-9(2)12(8)17-7-11-15-13(10(3)14)18-16-11/h4-6,10H,7,14H2,1-3H3. The van der Waals surface area contributed by atoms with Crippen molar-refractivity contribution in [3.8, 4) is 5.75 Å². The second kappa shape index (κ2) is 5.18. The number of benzene rings is 1. The van der Waals surface area contributed by atoms with Crippen molar-refractivity contribution in [2.75, 3.05) is 0 Å². The third-order valence-electron chi connectivity index (χ3n) is 2.63. The van der Waals surface area contributed by atoms with Crippen molar-refractivity contribution < 1.29 is 9.26 Å². The Morgan fingerprint density at radius 3 is 2.56 bits per heavy atom. The minimum absolute atomic E-state index is 0.258. The highest BCUT2D eigenvalue weighted by atomic mass is 16.5. The zero-order chi connectivity index (χ0) is 13.1. The van der Waals surface area contributed by atoms with E-state index in [0.717, 1.165) is 16.9 Å². The van der Waals surface area contributed by atoms with Crippen LogP contribution in [0.5, 0.6) is 5.75 Å². The molecule has 1 heterocycles. The molecule has 1 atom stereocenters. The van der Waals surface area contributed by atoms with E-state index in [-0.39, 0.29) is 12.6 Å². The number of aryl methyl sites for hydroxylation is 2. The summed E-state index contributed by atoms with van der Waals surface area (Å²) >= 11 is 0. The predicted octanol–water partition coefficient (Wildman–Crippen LogP) is 2.29. The first-order chi connectivity index (χ1) is 8.58. The van der Waals surface area contributed by atoms with Crippen LogP contribution < -0.4 is 10.5 Å². The fourth-order valence-corrected chi connectivity index (χ4v) is 1.67. The molecule has 5 heteroatoms. The average Bonchev–Trinajstić information content (AvgIpc) is 2.77. The van der Waals surface area contributed by atoms with Gasteiger partial charge in [0.1, 0.15) is 5.75 Å². The van der Waals surface area contributed by atoms with Gasteiger partial charge in [0.15, 0.2) is 6.61 Å². The Labute approximate surface area is 106 Å². The Balaban J connectivity index is 2.07. The largest absolute Gasteiger partial charge is 0.485 e. The lowest BCUT2D eigenvalue weighted by Crippen LogP contribution is -2.06. The van der Waals surface area contributed by atoms with Gasteiger partial charge in [-0.05, 0) is 31.9 Å². The second-order valence-electron chi connectivity index (χ2n) is 4.35. The van der Waals surface area contributed by atoms with Crippen LogP contribution >= 0.6 is 0 Å². The van der Waals surface area contributed by atoms with Crippen LogP contribution in [0.25, 0.3) is 0 Å². The molecule has 0 spiro atoms. The Morgan fingerprint density at radius 1 is 1.33 bits per heavy atom. The van der Waals surface area contributed by atoms with Gasteiger partial charge < -0.3 is 15.0 Å². The molecule has 0 aliphatic rings. The van der Waals surface area contributed by atoms with E-state index >= 15 is 0 Å². The molecule has 1 aromatic carbocycles. The minimum Gasteiger partial charge on any atom is -0.485 e. The summed E-state index contributed by atoms with van der Waals surface area (Å²) in [6.07, 6.45) is 0. The van der Waals surface area contributed by atoms with Gasteiger partial charge in [-0.3, -0.25) is 0 Å². The van der Waals surface area contributed by atoms with E-state index in [9.17, 15) is 0 Å². The first-order valence-corrected chi connectivity index (χ1v) is 5.85. The molecule has 2 rings (SSSR count). The monoisotopic (exact) mass is 247 g/mol. The summed E-state index contributed by atoms with van der Waals surface area (Å²) in [5, 5.41) is 3.82. The first-order valence-electron chi connectivity index (χ1n) is 5.85. The summed E-state index contributed by atoms with van der Waals surface area (Å²) in [6, 6.07) is 5.75. The maximum atomic E-state index is 5.72. The maximum absolute atomic E-state index is 5.72. The number of hydrogen-bond donors (Lipinski definition) is 1. The maximum Gasteiger partial charge on any atom is 0.243 e. The van der Waals surface area contributed by atoms with Crippen molar-refractivity contribution in [2.45, 2.75) is 33.4 Å². The van der Waals surface area contributed by atoms with Crippen LogP contribution in [0.1, 0.15) is 35.8 Å². The quantitative estimate of drug-likeness (QED) is 0.897. The highest BCUT2D eigenvalue weighted by molar-refractivity contribution is 5.39. The summed E-state index contributed by atoms with van der Waals surface area (Å²) < 4.78 is 10.7. The van der Waals surface area contributed by atoms with Crippen LogP contribution in [0.2, 0.25) is 0 Å².